The SMILES string of the molecule is O=C(O)CCC(NC(=O)CCn1cc([N+](=O)[O-])cn1)c1ccccc1. The van der Waals surface area contributed by atoms with Crippen molar-refractivity contribution in [1.29, 1.82) is 0 Å². The summed E-state index contributed by atoms with van der Waals surface area (Å²) in [4.78, 5) is 33.0. The first-order valence-corrected chi connectivity index (χ1v) is 7.68. The average molecular weight is 346 g/mol. The lowest BCUT2D eigenvalue weighted by Crippen LogP contribution is -2.29. The van der Waals surface area contributed by atoms with Crippen LogP contribution in [-0.2, 0) is 16.1 Å². The van der Waals surface area contributed by atoms with E-state index in [4.69, 9.17) is 5.11 Å². The normalized spacial score (nSPS) is 11.7. The molecule has 0 fully saturated rings. The highest BCUT2D eigenvalue weighted by atomic mass is 16.6. The number of aryl methyl sites for hydroxylation is 1. The number of carbonyl (C=O) groups excluding carboxylic acids is 1. The molecule has 2 N–H and O–H groups in total. The van der Waals surface area contributed by atoms with Crippen LogP contribution in [-0.4, -0.2) is 31.7 Å². The van der Waals surface area contributed by atoms with E-state index in [-0.39, 0.29) is 37.4 Å². The predicted octanol–water partition coefficient (Wildman–Crippen LogP) is 1.90. The molecule has 9 nitrogen and oxygen atoms in total. The van der Waals surface area contributed by atoms with Crippen molar-refractivity contribution in [2.45, 2.75) is 31.8 Å². The number of carboxylic acids is 1. The van der Waals surface area contributed by atoms with Crippen LogP contribution in [0.15, 0.2) is 42.7 Å². The number of rotatable bonds is 9. The Labute approximate surface area is 143 Å². The summed E-state index contributed by atoms with van der Waals surface area (Å²) in [6.07, 6.45) is 2.67. The van der Waals surface area contributed by atoms with Gasteiger partial charge in [-0.15, -0.1) is 0 Å². The zero-order valence-electron chi connectivity index (χ0n) is 13.4. The fourth-order valence-electron chi connectivity index (χ4n) is 2.33. The Balaban J connectivity index is 1.93. The van der Waals surface area contributed by atoms with Crippen LogP contribution in [0.25, 0.3) is 0 Å². The third-order valence-corrected chi connectivity index (χ3v) is 3.58. The predicted molar refractivity (Wildman–Crippen MR) is 87.7 cm³/mol. The first-order valence-electron chi connectivity index (χ1n) is 7.68. The van der Waals surface area contributed by atoms with Gasteiger partial charge in [0.05, 0.1) is 11.0 Å². The Morgan fingerprint density at radius 1 is 1.28 bits per heavy atom. The first-order chi connectivity index (χ1) is 12.0. The van der Waals surface area contributed by atoms with E-state index in [0.717, 1.165) is 11.8 Å². The average Bonchev–Trinajstić information content (AvgIpc) is 3.07. The number of amides is 1. The van der Waals surface area contributed by atoms with Gasteiger partial charge in [0.25, 0.3) is 0 Å². The smallest absolute Gasteiger partial charge is 0.306 e. The zero-order valence-corrected chi connectivity index (χ0v) is 13.4. The Morgan fingerprint density at radius 2 is 2.00 bits per heavy atom. The molecule has 1 aromatic carbocycles. The molecule has 1 unspecified atom stereocenters. The highest BCUT2D eigenvalue weighted by molar-refractivity contribution is 5.76. The van der Waals surface area contributed by atoms with Crippen LogP contribution < -0.4 is 5.32 Å². The monoisotopic (exact) mass is 346 g/mol. The summed E-state index contributed by atoms with van der Waals surface area (Å²) in [5, 5.41) is 26.1. The van der Waals surface area contributed by atoms with Crippen molar-refractivity contribution in [3.63, 3.8) is 0 Å². The lowest BCUT2D eigenvalue weighted by atomic mass is 10.0. The van der Waals surface area contributed by atoms with Crippen LogP contribution in [0, 0.1) is 10.1 Å². The molecule has 2 aromatic rings. The van der Waals surface area contributed by atoms with Crippen LogP contribution in [0.5, 0.6) is 0 Å². The van der Waals surface area contributed by atoms with Gasteiger partial charge in [-0.2, -0.15) is 5.10 Å². The summed E-state index contributed by atoms with van der Waals surface area (Å²) >= 11 is 0. The quantitative estimate of drug-likeness (QED) is 0.527. The Morgan fingerprint density at radius 3 is 2.60 bits per heavy atom. The number of aliphatic carboxylic acids is 1. The van der Waals surface area contributed by atoms with E-state index in [1.54, 1.807) is 0 Å². The summed E-state index contributed by atoms with van der Waals surface area (Å²) in [5.41, 5.74) is 0.691. The third kappa shape index (κ3) is 5.72. The Bertz CT molecular complexity index is 744. The van der Waals surface area contributed by atoms with E-state index in [1.165, 1.54) is 10.9 Å². The molecule has 9 heteroatoms. The number of hydrogen-bond donors (Lipinski definition) is 2. The second-order valence-corrected chi connectivity index (χ2v) is 5.43. The molecule has 0 spiro atoms. The third-order valence-electron chi connectivity index (χ3n) is 3.58. The number of carboxylic acid groups (broad SMARTS) is 1. The van der Waals surface area contributed by atoms with Gasteiger partial charge in [0.2, 0.25) is 5.91 Å². The summed E-state index contributed by atoms with van der Waals surface area (Å²) < 4.78 is 1.33. The maximum atomic E-state index is 12.2. The van der Waals surface area contributed by atoms with Gasteiger partial charge in [-0.25, -0.2) is 0 Å². The van der Waals surface area contributed by atoms with Crippen molar-refractivity contribution in [3.8, 4) is 0 Å². The van der Waals surface area contributed by atoms with Crippen molar-refractivity contribution in [1.82, 2.24) is 15.1 Å². The standard InChI is InChI=1S/C16H18N4O5/c21-15(8-9-19-11-13(10-17-19)20(24)25)18-14(6-7-16(22)23)12-4-2-1-3-5-12/h1-5,10-11,14H,6-9H2,(H,18,21)(H,22,23). The number of hydrogen-bond acceptors (Lipinski definition) is 5. The summed E-state index contributed by atoms with van der Waals surface area (Å²) in [6.45, 7) is 0.195. The second kappa shape index (κ2) is 8.57. The van der Waals surface area contributed by atoms with Crippen molar-refractivity contribution in [2.75, 3.05) is 0 Å². The fourth-order valence-corrected chi connectivity index (χ4v) is 2.33. The minimum atomic E-state index is -0.931. The Hall–Kier alpha value is -3.23. The molecule has 0 saturated heterocycles. The maximum Gasteiger partial charge on any atom is 0.306 e. The van der Waals surface area contributed by atoms with Gasteiger partial charge in [-0.05, 0) is 12.0 Å². The Kier molecular flexibility index (Phi) is 6.21. The number of aromatic nitrogens is 2. The zero-order chi connectivity index (χ0) is 18.2. The molecule has 0 radical (unpaired) electrons. The molecule has 0 bridgehead atoms. The van der Waals surface area contributed by atoms with Crippen LogP contribution in [0.2, 0.25) is 0 Å². The number of nitrogens with zero attached hydrogens (tertiary/aromatic N) is 3. The molecule has 0 aliphatic heterocycles. The summed E-state index contributed by atoms with van der Waals surface area (Å²) in [7, 11) is 0. The van der Waals surface area contributed by atoms with E-state index in [1.807, 2.05) is 30.3 Å². The van der Waals surface area contributed by atoms with Crippen molar-refractivity contribution < 1.29 is 19.6 Å². The first kappa shape index (κ1) is 18.1. The minimum Gasteiger partial charge on any atom is -0.481 e. The van der Waals surface area contributed by atoms with E-state index in [9.17, 15) is 19.7 Å². The minimum absolute atomic E-state index is 0.0643. The molecule has 0 aliphatic rings. The molecule has 0 aliphatic carbocycles. The van der Waals surface area contributed by atoms with E-state index in [2.05, 4.69) is 10.4 Å². The summed E-state index contributed by atoms with van der Waals surface area (Å²) in [5.74, 6) is -1.21. The molecule has 1 atom stereocenters. The lowest BCUT2D eigenvalue weighted by Gasteiger charge is -2.18. The molecule has 25 heavy (non-hydrogen) atoms. The topological polar surface area (TPSA) is 127 Å². The van der Waals surface area contributed by atoms with Gasteiger partial charge in [-0.3, -0.25) is 24.4 Å². The molecule has 2 rings (SSSR count). The molecule has 132 valence electrons. The highest BCUT2D eigenvalue weighted by Crippen LogP contribution is 2.18. The van der Waals surface area contributed by atoms with Gasteiger partial charge >= 0.3 is 11.7 Å². The van der Waals surface area contributed by atoms with Crippen molar-refractivity contribution in [3.05, 3.63) is 58.4 Å². The van der Waals surface area contributed by atoms with Crippen molar-refractivity contribution >= 4 is 17.6 Å². The van der Waals surface area contributed by atoms with E-state index in [0.29, 0.717) is 0 Å². The molecular formula is C16H18N4O5. The van der Waals surface area contributed by atoms with Crippen LogP contribution in [0.1, 0.15) is 30.9 Å². The van der Waals surface area contributed by atoms with E-state index >= 15 is 0 Å². The number of carbonyl (C=O) groups is 2. The molecule has 1 heterocycles. The molecule has 0 saturated carbocycles. The van der Waals surface area contributed by atoms with Gasteiger partial charge in [0.1, 0.15) is 12.4 Å². The molecule has 1 aromatic heterocycles. The van der Waals surface area contributed by atoms with Crippen LogP contribution in [0.4, 0.5) is 5.69 Å². The fraction of sp³-hybridized carbons (Fsp3) is 0.312. The molecular weight excluding hydrogens is 328 g/mol. The van der Waals surface area contributed by atoms with Gasteiger partial charge in [0, 0.05) is 19.4 Å². The summed E-state index contributed by atoms with van der Waals surface area (Å²) in [6, 6.07) is 8.71. The number of nitrogens with one attached hydrogen (secondary N) is 1. The number of nitro groups is 1. The van der Waals surface area contributed by atoms with Crippen molar-refractivity contribution in [2.24, 2.45) is 0 Å². The van der Waals surface area contributed by atoms with Crippen LogP contribution in [0.3, 0.4) is 0 Å². The highest BCUT2D eigenvalue weighted by Gasteiger charge is 2.16. The second-order valence-electron chi connectivity index (χ2n) is 5.43. The van der Waals surface area contributed by atoms with Gasteiger partial charge < -0.3 is 10.4 Å². The largest absolute Gasteiger partial charge is 0.481 e. The number of benzene rings is 1. The lowest BCUT2D eigenvalue weighted by molar-refractivity contribution is -0.385. The van der Waals surface area contributed by atoms with Gasteiger partial charge in [0.15, 0.2) is 0 Å². The molecule has 1 amide bonds. The maximum absolute atomic E-state index is 12.2. The van der Waals surface area contributed by atoms with Crippen LogP contribution >= 0.6 is 0 Å². The van der Waals surface area contributed by atoms with Gasteiger partial charge in [-0.1, -0.05) is 30.3 Å². The van der Waals surface area contributed by atoms with E-state index < -0.39 is 16.9 Å².